The van der Waals surface area contributed by atoms with E-state index in [-0.39, 0.29) is 5.91 Å². The van der Waals surface area contributed by atoms with Gasteiger partial charge in [0.2, 0.25) is 5.13 Å². The summed E-state index contributed by atoms with van der Waals surface area (Å²) in [7, 11) is 0. The van der Waals surface area contributed by atoms with Crippen molar-refractivity contribution in [1.82, 2.24) is 15.1 Å². The standard InChI is InChI=1S/C15H12Cl2N4OS2/c1-3-21-13(22)12(7-9-10(16)5-4-6-11(9)17)24-15(21)18-14-20-19-8(2)23-14/h4-7H,3H2,1-2H3/b12-7-,18-15+. The van der Waals surface area contributed by atoms with Gasteiger partial charge in [0.25, 0.3) is 5.91 Å². The summed E-state index contributed by atoms with van der Waals surface area (Å²) in [5.41, 5.74) is 0.626. The number of likely N-dealkylation sites (N-methyl/N-ethyl adjacent to an activating group) is 1. The summed E-state index contributed by atoms with van der Waals surface area (Å²) >= 11 is 15.0. The lowest BCUT2D eigenvalue weighted by atomic mass is 10.2. The van der Waals surface area contributed by atoms with Gasteiger partial charge >= 0.3 is 0 Å². The maximum Gasteiger partial charge on any atom is 0.266 e. The van der Waals surface area contributed by atoms with Crippen LogP contribution >= 0.6 is 46.3 Å². The lowest BCUT2D eigenvalue weighted by Crippen LogP contribution is -2.28. The molecule has 1 aromatic heterocycles. The van der Waals surface area contributed by atoms with Crippen LogP contribution in [0.15, 0.2) is 28.1 Å². The molecule has 0 aliphatic carbocycles. The number of aromatic nitrogens is 2. The number of hydrogen-bond acceptors (Lipinski definition) is 6. The Hall–Kier alpha value is -1.41. The molecule has 24 heavy (non-hydrogen) atoms. The van der Waals surface area contributed by atoms with Gasteiger partial charge in [-0.2, -0.15) is 4.99 Å². The highest BCUT2D eigenvalue weighted by Gasteiger charge is 2.32. The van der Waals surface area contributed by atoms with Gasteiger partial charge in [0, 0.05) is 22.2 Å². The van der Waals surface area contributed by atoms with Crippen molar-refractivity contribution in [2.45, 2.75) is 13.8 Å². The topological polar surface area (TPSA) is 58.5 Å². The Bertz CT molecular complexity index is 843. The van der Waals surface area contributed by atoms with E-state index in [1.54, 1.807) is 29.2 Å². The van der Waals surface area contributed by atoms with Crippen LogP contribution in [0.25, 0.3) is 6.08 Å². The Labute approximate surface area is 157 Å². The Balaban J connectivity index is 1.98. The Morgan fingerprint density at radius 3 is 2.58 bits per heavy atom. The average Bonchev–Trinajstić information content (AvgIpc) is 3.07. The highest BCUT2D eigenvalue weighted by molar-refractivity contribution is 8.18. The normalized spacial score (nSPS) is 18.2. The van der Waals surface area contributed by atoms with Gasteiger partial charge in [0.15, 0.2) is 5.17 Å². The van der Waals surface area contributed by atoms with Gasteiger partial charge in [-0.3, -0.25) is 9.69 Å². The number of aryl methyl sites for hydroxylation is 1. The second-order valence-corrected chi connectivity index (χ2v) is 7.78. The zero-order valence-electron chi connectivity index (χ0n) is 12.8. The molecule has 0 N–H and O–H groups in total. The smallest absolute Gasteiger partial charge is 0.266 e. The predicted molar refractivity (Wildman–Crippen MR) is 101 cm³/mol. The molecule has 2 aromatic rings. The molecule has 0 bridgehead atoms. The van der Waals surface area contributed by atoms with Crippen molar-refractivity contribution in [2.24, 2.45) is 4.99 Å². The van der Waals surface area contributed by atoms with Crippen molar-refractivity contribution >= 4 is 68.6 Å². The average molecular weight is 399 g/mol. The SMILES string of the molecule is CCN1C(=O)/C(=C/c2c(Cl)cccc2Cl)S/C1=N/c1nnc(C)s1. The summed E-state index contributed by atoms with van der Waals surface area (Å²) in [5.74, 6) is -0.126. The molecular weight excluding hydrogens is 387 g/mol. The fraction of sp³-hybridized carbons (Fsp3) is 0.200. The summed E-state index contributed by atoms with van der Waals surface area (Å²) in [6.07, 6.45) is 1.70. The second-order valence-electron chi connectivity index (χ2n) is 4.79. The quantitative estimate of drug-likeness (QED) is 0.698. The van der Waals surface area contributed by atoms with Crippen LogP contribution in [0.3, 0.4) is 0 Å². The van der Waals surface area contributed by atoms with E-state index in [1.807, 2.05) is 13.8 Å². The molecule has 3 rings (SSSR count). The molecule has 0 unspecified atom stereocenters. The minimum absolute atomic E-state index is 0.126. The third kappa shape index (κ3) is 3.49. The number of benzene rings is 1. The zero-order chi connectivity index (χ0) is 17.3. The zero-order valence-corrected chi connectivity index (χ0v) is 15.9. The van der Waals surface area contributed by atoms with Gasteiger partial charge in [0.1, 0.15) is 5.01 Å². The fourth-order valence-electron chi connectivity index (χ4n) is 2.06. The van der Waals surface area contributed by atoms with Crippen LogP contribution in [-0.4, -0.2) is 32.7 Å². The number of carbonyl (C=O) groups is 1. The molecule has 1 saturated heterocycles. The summed E-state index contributed by atoms with van der Waals surface area (Å²) < 4.78 is 0. The summed E-state index contributed by atoms with van der Waals surface area (Å²) in [6.45, 7) is 4.26. The molecule has 1 aliphatic rings. The molecule has 124 valence electrons. The van der Waals surface area contributed by atoms with Crippen molar-refractivity contribution < 1.29 is 4.79 Å². The lowest BCUT2D eigenvalue weighted by molar-refractivity contribution is -0.122. The number of amidine groups is 1. The molecular formula is C15H12Cl2N4OS2. The maximum atomic E-state index is 12.6. The van der Waals surface area contributed by atoms with Gasteiger partial charge in [-0.25, -0.2) is 0 Å². The lowest BCUT2D eigenvalue weighted by Gasteiger charge is -2.11. The number of rotatable bonds is 3. The number of thioether (sulfide) groups is 1. The van der Waals surface area contributed by atoms with Crippen molar-refractivity contribution in [3.8, 4) is 0 Å². The first kappa shape index (κ1) is 17.4. The third-order valence-electron chi connectivity index (χ3n) is 3.19. The van der Waals surface area contributed by atoms with Gasteiger partial charge in [-0.05, 0) is 43.8 Å². The van der Waals surface area contributed by atoms with Crippen LogP contribution in [0.5, 0.6) is 0 Å². The van der Waals surface area contributed by atoms with Crippen LogP contribution in [0.2, 0.25) is 10.0 Å². The van der Waals surface area contributed by atoms with E-state index < -0.39 is 0 Å². The first-order valence-corrected chi connectivity index (χ1v) is 9.42. The highest BCUT2D eigenvalue weighted by atomic mass is 35.5. The molecule has 1 aliphatic heterocycles. The van der Waals surface area contributed by atoms with E-state index >= 15 is 0 Å². The summed E-state index contributed by atoms with van der Waals surface area (Å²) in [5, 5.41) is 10.8. The van der Waals surface area contributed by atoms with Crippen molar-refractivity contribution in [3.05, 3.63) is 43.7 Å². The molecule has 0 spiro atoms. The van der Waals surface area contributed by atoms with E-state index in [1.165, 1.54) is 23.1 Å². The number of halogens is 2. The van der Waals surface area contributed by atoms with Crippen LogP contribution < -0.4 is 0 Å². The monoisotopic (exact) mass is 398 g/mol. The van der Waals surface area contributed by atoms with Gasteiger partial charge in [-0.1, -0.05) is 40.6 Å². The maximum absolute atomic E-state index is 12.6. The Kier molecular flexibility index (Phi) is 5.24. The number of carbonyl (C=O) groups excluding carboxylic acids is 1. The van der Waals surface area contributed by atoms with Gasteiger partial charge in [0.05, 0.1) is 4.91 Å². The molecule has 0 atom stereocenters. The number of amides is 1. The first-order chi connectivity index (χ1) is 11.5. The molecule has 0 saturated carbocycles. The molecule has 0 radical (unpaired) electrons. The molecule has 2 heterocycles. The minimum Gasteiger partial charge on any atom is -0.287 e. The first-order valence-electron chi connectivity index (χ1n) is 7.03. The van der Waals surface area contributed by atoms with E-state index in [0.717, 1.165) is 5.01 Å². The van der Waals surface area contributed by atoms with Crippen molar-refractivity contribution in [3.63, 3.8) is 0 Å². The predicted octanol–water partition coefficient (Wildman–Crippen LogP) is 4.78. The summed E-state index contributed by atoms with van der Waals surface area (Å²) in [4.78, 5) is 19.2. The van der Waals surface area contributed by atoms with Gasteiger partial charge in [-0.15, -0.1) is 10.2 Å². The molecule has 5 nitrogen and oxygen atoms in total. The second kappa shape index (κ2) is 7.23. The molecule has 1 amide bonds. The molecule has 1 fully saturated rings. The number of aliphatic imine (C=N–C) groups is 1. The Morgan fingerprint density at radius 1 is 1.29 bits per heavy atom. The largest absolute Gasteiger partial charge is 0.287 e. The van der Waals surface area contributed by atoms with Crippen LogP contribution in [0, 0.1) is 6.92 Å². The minimum atomic E-state index is -0.126. The van der Waals surface area contributed by atoms with Crippen molar-refractivity contribution in [2.75, 3.05) is 6.54 Å². The Morgan fingerprint density at radius 2 is 2.00 bits per heavy atom. The van der Waals surface area contributed by atoms with Crippen LogP contribution in [0.4, 0.5) is 5.13 Å². The number of hydrogen-bond donors (Lipinski definition) is 0. The van der Waals surface area contributed by atoms with Crippen LogP contribution in [-0.2, 0) is 4.79 Å². The molecule has 9 heteroatoms. The highest BCUT2D eigenvalue weighted by Crippen LogP contribution is 2.36. The van der Waals surface area contributed by atoms with Gasteiger partial charge < -0.3 is 0 Å². The third-order valence-corrected chi connectivity index (χ3v) is 5.58. The van der Waals surface area contributed by atoms with E-state index in [4.69, 9.17) is 23.2 Å². The van der Waals surface area contributed by atoms with E-state index in [9.17, 15) is 4.79 Å². The summed E-state index contributed by atoms with van der Waals surface area (Å²) in [6, 6.07) is 5.24. The number of nitrogens with zero attached hydrogens (tertiary/aromatic N) is 4. The van der Waals surface area contributed by atoms with E-state index in [0.29, 0.717) is 37.4 Å². The van der Waals surface area contributed by atoms with Crippen molar-refractivity contribution in [1.29, 1.82) is 0 Å². The molecule has 1 aromatic carbocycles. The van der Waals surface area contributed by atoms with Crippen LogP contribution in [0.1, 0.15) is 17.5 Å². The van der Waals surface area contributed by atoms with E-state index in [2.05, 4.69) is 15.2 Å². The fourth-order valence-corrected chi connectivity index (χ4v) is 4.21.